The normalized spacial score (nSPS) is 15.4. The van der Waals surface area contributed by atoms with Gasteiger partial charge in [0, 0.05) is 24.7 Å². The Labute approximate surface area is 104 Å². The number of nitrogens with zero attached hydrogens (tertiary/aromatic N) is 2. The van der Waals surface area contributed by atoms with Crippen LogP contribution in [0, 0.1) is 10.1 Å². The van der Waals surface area contributed by atoms with Crippen molar-refractivity contribution in [2.45, 2.75) is 6.42 Å². The highest BCUT2D eigenvalue weighted by Gasteiger charge is 2.21. The lowest BCUT2D eigenvalue weighted by Gasteiger charge is -2.26. The van der Waals surface area contributed by atoms with E-state index in [0.717, 1.165) is 0 Å². The summed E-state index contributed by atoms with van der Waals surface area (Å²) in [6, 6.07) is 6.34. The molecule has 1 aliphatic rings. The summed E-state index contributed by atoms with van der Waals surface area (Å²) in [5.74, 6) is -0.0902. The summed E-state index contributed by atoms with van der Waals surface area (Å²) >= 11 is 0. The second-order valence-electron chi connectivity index (χ2n) is 4.06. The van der Waals surface area contributed by atoms with E-state index in [2.05, 4.69) is 0 Å². The van der Waals surface area contributed by atoms with Gasteiger partial charge in [-0.05, 0) is 0 Å². The first-order valence-corrected chi connectivity index (χ1v) is 5.76. The average molecular weight is 250 g/mol. The molecule has 96 valence electrons. The lowest BCUT2D eigenvalue weighted by Crippen LogP contribution is -2.41. The van der Waals surface area contributed by atoms with Gasteiger partial charge in [0.15, 0.2) is 0 Å². The molecule has 0 N–H and O–H groups in total. The van der Waals surface area contributed by atoms with E-state index in [1.807, 2.05) is 0 Å². The molecule has 1 amide bonds. The first-order valence-electron chi connectivity index (χ1n) is 5.76. The third-order valence-corrected chi connectivity index (χ3v) is 2.89. The van der Waals surface area contributed by atoms with Gasteiger partial charge >= 0.3 is 0 Å². The van der Waals surface area contributed by atoms with Crippen molar-refractivity contribution < 1.29 is 14.5 Å². The van der Waals surface area contributed by atoms with E-state index in [0.29, 0.717) is 31.9 Å². The predicted octanol–water partition coefficient (Wildman–Crippen LogP) is 0.996. The van der Waals surface area contributed by atoms with Gasteiger partial charge in [-0.1, -0.05) is 18.2 Å². The number of nitro benzene ring substituents is 1. The summed E-state index contributed by atoms with van der Waals surface area (Å²) < 4.78 is 5.16. The van der Waals surface area contributed by atoms with Crippen molar-refractivity contribution >= 4 is 11.6 Å². The van der Waals surface area contributed by atoms with Crippen LogP contribution in [0.5, 0.6) is 0 Å². The number of carbonyl (C=O) groups excluding carboxylic acids is 1. The van der Waals surface area contributed by atoms with E-state index < -0.39 is 4.92 Å². The van der Waals surface area contributed by atoms with E-state index in [1.54, 1.807) is 23.1 Å². The number of ether oxygens (including phenoxy) is 1. The Kier molecular flexibility index (Phi) is 3.88. The highest BCUT2D eigenvalue weighted by molar-refractivity contribution is 5.80. The predicted molar refractivity (Wildman–Crippen MR) is 64.2 cm³/mol. The Balaban J connectivity index is 2.08. The molecule has 1 heterocycles. The number of hydrogen-bond donors (Lipinski definition) is 0. The van der Waals surface area contributed by atoms with Gasteiger partial charge in [-0.25, -0.2) is 0 Å². The molecule has 0 spiro atoms. The summed E-state index contributed by atoms with van der Waals surface area (Å²) in [6.07, 6.45) is 0.0666. The highest BCUT2D eigenvalue weighted by Crippen LogP contribution is 2.19. The van der Waals surface area contributed by atoms with Crippen LogP contribution in [0.25, 0.3) is 0 Å². The smallest absolute Gasteiger partial charge is 0.273 e. The maximum atomic E-state index is 12.0. The molecule has 1 aromatic carbocycles. The van der Waals surface area contributed by atoms with Gasteiger partial charge in [0.2, 0.25) is 5.91 Å². The summed E-state index contributed by atoms with van der Waals surface area (Å²) in [6.45, 7) is 2.17. The van der Waals surface area contributed by atoms with Crippen LogP contribution in [0.1, 0.15) is 5.56 Å². The zero-order valence-electron chi connectivity index (χ0n) is 9.87. The number of carbonyl (C=O) groups is 1. The highest BCUT2D eigenvalue weighted by atomic mass is 16.6. The molecule has 0 atom stereocenters. The summed E-state index contributed by atoms with van der Waals surface area (Å²) in [5, 5.41) is 10.8. The molecule has 1 saturated heterocycles. The first-order chi connectivity index (χ1) is 8.68. The molecule has 0 radical (unpaired) electrons. The van der Waals surface area contributed by atoms with Gasteiger partial charge in [-0.3, -0.25) is 14.9 Å². The molecule has 1 aliphatic heterocycles. The fourth-order valence-electron chi connectivity index (χ4n) is 1.93. The van der Waals surface area contributed by atoms with Crippen LogP contribution in [0.15, 0.2) is 24.3 Å². The van der Waals surface area contributed by atoms with Crippen LogP contribution >= 0.6 is 0 Å². The molecule has 0 aromatic heterocycles. The van der Waals surface area contributed by atoms with Crippen LogP contribution in [0.3, 0.4) is 0 Å². The van der Waals surface area contributed by atoms with Crippen LogP contribution in [-0.4, -0.2) is 42.0 Å². The fraction of sp³-hybridized carbons (Fsp3) is 0.417. The monoisotopic (exact) mass is 250 g/mol. The molecule has 1 aromatic rings. The van der Waals surface area contributed by atoms with Crippen molar-refractivity contribution in [2.24, 2.45) is 0 Å². The largest absolute Gasteiger partial charge is 0.378 e. The van der Waals surface area contributed by atoms with Crippen molar-refractivity contribution in [2.75, 3.05) is 26.3 Å². The lowest BCUT2D eigenvalue weighted by molar-refractivity contribution is -0.385. The number of morpholine rings is 1. The van der Waals surface area contributed by atoms with Crippen molar-refractivity contribution in [3.05, 3.63) is 39.9 Å². The van der Waals surface area contributed by atoms with Crippen molar-refractivity contribution in [3.8, 4) is 0 Å². The molecule has 6 heteroatoms. The van der Waals surface area contributed by atoms with Gasteiger partial charge in [0.1, 0.15) is 0 Å². The van der Waals surface area contributed by atoms with E-state index in [-0.39, 0.29) is 18.0 Å². The third kappa shape index (κ3) is 2.84. The topological polar surface area (TPSA) is 72.7 Å². The Bertz CT molecular complexity index is 455. The van der Waals surface area contributed by atoms with Gasteiger partial charge in [-0.2, -0.15) is 0 Å². The van der Waals surface area contributed by atoms with E-state index in [1.165, 1.54) is 6.07 Å². The number of amides is 1. The molecule has 0 saturated carbocycles. The Hall–Kier alpha value is -1.95. The minimum absolute atomic E-state index is 0.000825. The van der Waals surface area contributed by atoms with Crippen LogP contribution in [-0.2, 0) is 16.0 Å². The van der Waals surface area contributed by atoms with Gasteiger partial charge in [0.05, 0.1) is 24.6 Å². The molecule has 2 rings (SSSR count). The fourth-order valence-corrected chi connectivity index (χ4v) is 1.93. The number of hydrogen-bond acceptors (Lipinski definition) is 4. The van der Waals surface area contributed by atoms with Crippen molar-refractivity contribution in [1.82, 2.24) is 4.90 Å². The van der Waals surface area contributed by atoms with Gasteiger partial charge in [0.25, 0.3) is 5.69 Å². The zero-order valence-corrected chi connectivity index (χ0v) is 9.87. The number of benzene rings is 1. The van der Waals surface area contributed by atoms with Crippen LogP contribution < -0.4 is 0 Å². The van der Waals surface area contributed by atoms with Crippen molar-refractivity contribution in [1.29, 1.82) is 0 Å². The first kappa shape index (κ1) is 12.5. The second-order valence-corrected chi connectivity index (χ2v) is 4.06. The van der Waals surface area contributed by atoms with E-state index >= 15 is 0 Å². The molecule has 0 bridgehead atoms. The quantitative estimate of drug-likeness (QED) is 0.592. The van der Waals surface area contributed by atoms with E-state index in [9.17, 15) is 14.9 Å². The van der Waals surface area contributed by atoms with Gasteiger partial charge in [-0.15, -0.1) is 0 Å². The third-order valence-electron chi connectivity index (χ3n) is 2.89. The number of rotatable bonds is 3. The van der Waals surface area contributed by atoms with Crippen molar-refractivity contribution in [3.63, 3.8) is 0 Å². The zero-order chi connectivity index (χ0) is 13.0. The summed E-state index contributed by atoms with van der Waals surface area (Å²) in [5.41, 5.74) is 0.457. The minimum Gasteiger partial charge on any atom is -0.378 e. The Morgan fingerprint density at radius 3 is 2.67 bits per heavy atom. The summed E-state index contributed by atoms with van der Waals surface area (Å²) in [7, 11) is 0. The maximum Gasteiger partial charge on any atom is 0.273 e. The average Bonchev–Trinajstić information content (AvgIpc) is 2.40. The molecule has 1 fully saturated rings. The molecule has 18 heavy (non-hydrogen) atoms. The van der Waals surface area contributed by atoms with Crippen LogP contribution in [0.4, 0.5) is 5.69 Å². The van der Waals surface area contributed by atoms with E-state index in [4.69, 9.17) is 4.74 Å². The minimum atomic E-state index is -0.456. The summed E-state index contributed by atoms with van der Waals surface area (Å²) in [4.78, 5) is 24.1. The Morgan fingerprint density at radius 1 is 1.33 bits per heavy atom. The number of nitro groups is 1. The van der Waals surface area contributed by atoms with Gasteiger partial charge < -0.3 is 9.64 Å². The lowest BCUT2D eigenvalue weighted by atomic mass is 10.1. The SMILES string of the molecule is O=C(Cc1ccccc1[N+](=O)[O-])N1CCOCC1. The molecule has 6 nitrogen and oxygen atoms in total. The van der Waals surface area contributed by atoms with Crippen LogP contribution in [0.2, 0.25) is 0 Å². The maximum absolute atomic E-state index is 12.0. The molecule has 0 aliphatic carbocycles. The molecule has 0 unspecified atom stereocenters. The second kappa shape index (κ2) is 5.59. The molecular weight excluding hydrogens is 236 g/mol. The Morgan fingerprint density at radius 2 is 2.00 bits per heavy atom. The number of para-hydroxylation sites is 1. The molecular formula is C12H14N2O4. The standard InChI is InChI=1S/C12H14N2O4/c15-12(13-5-7-18-8-6-13)9-10-3-1-2-4-11(10)14(16)17/h1-4H,5-9H2.